The van der Waals surface area contributed by atoms with Crippen LogP contribution in [0.1, 0.15) is 12.2 Å². The second-order valence-electron chi connectivity index (χ2n) is 5.75. The van der Waals surface area contributed by atoms with Gasteiger partial charge in [0.1, 0.15) is 5.82 Å². The molecule has 4 heteroatoms. The van der Waals surface area contributed by atoms with Crippen LogP contribution in [0.5, 0.6) is 0 Å². The van der Waals surface area contributed by atoms with Gasteiger partial charge in [0.15, 0.2) is 5.82 Å². The normalized spacial score (nSPS) is 17.9. The van der Waals surface area contributed by atoms with E-state index in [4.69, 9.17) is 5.73 Å². The second-order valence-corrected chi connectivity index (χ2v) is 5.75. The Balaban J connectivity index is 1.77. The molecule has 1 atom stereocenters. The molecule has 2 N–H and O–H groups in total. The fourth-order valence-corrected chi connectivity index (χ4v) is 3.14. The van der Waals surface area contributed by atoms with Crippen LogP contribution in [-0.2, 0) is 13.0 Å². The number of hydrogen-bond acceptors (Lipinski definition) is 3. The van der Waals surface area contributed by atoms with Gasteiger partial charge in [-0.25, -0.2) is 0 Å². The Hall–Kier alpha value is -2.20. The summed E-state index contributed by atoms with van der Waals surface area (Å²) in [6, 6.07) is 14.9. The quantitative estimate of drug-likeness (QED) is 0.784. The average molecular weight is 278 g/mol. The first-order valence-corrected chi connectivity index (χ1v) is 7.46. The molecule has 0 aliphatic carbocycles. The molecule has 4 nitrogen and oxygen atoms in total. The van der Waals surface area contributed by atoms with Gasteiger partial charge in [-0.2, -0.15) is 0 Å². The molecule has 0 saturated heterocycles. The highest BCUT2D eigenvalue weighted by Crippen LogP contribution is 2.27. The number of fused-ring (bicyclic) bond motifs is 2. The third-order valence-electron chi connectivity index (χ3n) is 4.40. The highest BCUT2D eigenvalue weighted by atomic mass is 15.3. The molecule has 3 aromatic rings. The maximum absolute atomic E-state index is 5.78. The molecule has 106 valence electrons. The Bertz CT molecular complexity index is 790. The highest BCUT2D eigenvalue weighted by molar-refractivity contribution is 5.86. The molecule has 2 aromatic carbocycles. The lowest BCUT2D eigenvalue weighted by Crippen LogP contribution is -2.25. The van der Waals surface area contributed by atoms with Crippen molar-refractivity contribution in [3.8, 4) is 11.4 Å². The first kappa shape index (κ1) is 12.5. The Morgan fingerprint density at radius 2 is 1.95 bits per heavy atom. The lowest BCUT2D eigenvalue weighted by molar-refractivity contribution is 0.391. The summed E-state index contributed by atoms with van der Waals surface area (Å²) in [4.78, 5) is 0. The largest absolute Gasteiger partial charge is 0.330 e. The zero-order valence-electron chi connectivity index (χ0n) is 11.9. The van der Waals surface area contributed by atoms with E-state index in [9.17, 15) is 0 Å². The van der Waals surface area contributed by atoms with E-state index >= 15 is 0 Å². The summed E-state index contributed by atoms with van der Waals surface area (Å²) in [6.45, 7) is 1.70. The lowest BCUT2D eigenvalue weighted by Gasteiger charge is -2.22. The Morgan fingerprint density at radius 3 is 2.81 bits per heavy atom. The van der Waals surface area contributed by atoms with E-state index < -0.39 is 0 Å². The van der Waals surface area contributed by atoms with Crippen LogP contribution in [-0.4, -0.2) is 21.3 Å². The Kier molecular flexibility index (Phi) is 2.97. The fourth-order valence-electron chi connectivity index (χ4n) is 3.14. The third-order valence-corrected chi connectivity index (χ3v) is 4.40. The topological polar surface area (TPSA) is 56.7 Å². The lowest BCUT2D eigenvalue weighted by atomic mass is 9.98. The van der Waals surface area contributed by atoms with Crippen LogP contribution in [0, 0.1) is 5.92 Å². The predicted octanol–water partition coefficient (Wildman–Crippen LogP) is 2.62. The van der Waals surface area contributed by atoms with Crippen LogP contribution in [0.4, 0.5) is 0 Å². The molecular formula is C17H18N4. The summed E-state index contributed by atoms with van der Waals surface area (Å²) in [5, 5.41) is 11.3. The van der Waals surface area contributed by atoms with Crippen molar-refractivity contribution in [1.29, 1.82) is 0 Å². The molecule has 0 radical (unpaired) electrons. The van der Waals surface area contributed by atoms with Crippen LogP contribution < -0.4 is 5.73 Å². The Labute approximate surface area is 123 Å². The van der Waals surface area contributed by atoms with E-state index in [1.54, 1.807) is 0 Å². The van der Waals surface area contributed by atoms with Gasteiger partial charge in [0.2, 0.25) is 0 Å². The minimum absolute atomic E-state index is 0.547. The van der Waals surface area contributed by atoms with Crippen molar-refractivity contribution in [3.05, 3.63) is 48.3 Å². The zero-order valence-corrected chi connectivity index (χ0v) is 11.9. The molecule has 4 rings (SSSR count). The monoisotopic (exact) mass is 278 g/mol. The molecule has 1 aliphatic rings. The molecule has 1 unspecified atom stereocenters. The van der Waals surface area contributed by atoms with Crippen LogP contribution in [0.15, 0.2) is 42.5 Å². The average Bonchev–Trinajstić information content (AvgIpc) is 2.97. The van der Waals surface area contributed by atoms with Gasteiger partial charge < -0.3 is 10.3 Å². The fraction of sp³-hybridized carbons (Fsp3) is 0.294. The molecule has 1 aromatic heterocycles. The summed E-state index contributed by atoms with van der Waals surface area (Å²) in [7, 11) is 0. The maximum Gasteiger partial charge on any atom is 0.163 e. The maximum atomic E-state index is 5.78. The number of benzene rings is 2. The molecule has 1 aliphatic heterocycles. The minimum Gasteiger partial charge on any atom is -0.330 e. The van der Waals surface area contributed by atoms with Gasteiger partial charge in [0, 0.05) is 18.5 Å². The summed E-state index contributed by atoms with van der Waals surface area (Å²) in [5.74, 6) is 2.59. The van der Waals surface area contributed by atoms with Crippen molar-refractivity contribution in [2.24, 2.45) is 11.7 Å². The second kappa shape index (κ2) is 4.97. The molecule has 0 amide bonds. The van der Waals surface area contributed by atoms with E-state index in [2.05, 4.69) is 57.2 Å². The van der Waals surface area contributed by atoms with Gasteiger partial charge in [-0.1, -0.05) is 36.4 Å². The van der Waals surface area contributed by atoms with Crippen molar-refractivity contribution >= 4 is 10.8 Å². The van der Waals surface area contributed by atoms with Crippen molar-refractivity contribution in [1.82, 2.24) is 14.8 Å². The smallest absolute Gasteiger partial charge is 0.163 e. The van der Waals surface area contributed by atoms with Crippen molar-refractivity contribution < 1.29 is 0 Å². The van der Waals surface area contributed by atoms with Crippen molar-refractivity contribution in [2.45, 2.75) is 19.4 Å². The summed E-state index contributed by atoms with van der Waals surface area (Å²) in [5.41, 5.74) is 6.92. The van der Waals surface area contributed by atoms with Gasteiger partial charge in [-0.05, 0) is 35.7 Å². The van der Waals surface area contributed by atoms with Gasteiger partial charge in [0.05, 0.1) is 0 Å². The van der Waals surface area contributed by atoms with Crippen molar-refractivity contribution in [3.63, 3.8) is 0 Å². The number of aromatic nitrogens is 3. The molecule has 0 saturated carbocycles. The van der Waals surface area contributed by atoms with E-state index in [1.165, 1.54) is 10.8 Å². The summed E-state index contributed by atoms with van der Waals surface area (Å²) >= 11 is 0. The SMILES string of the molecule is NCC1CCn2c(nnc2-c2ccc3ccccc3c2)C1. The van der Waals surface area contributed by atoms with Crippen LogP contribution in [0.25, 0.3) is 22.2 Å². The predicted molar refractivity (Wildman–Crippen MR) is 83.8 cm³/mol. The molecule has 0 fully saturated rings. The summed E-state index contributed by atoms with van der Waals surface area (Å²) < 4.78 is 2.25. The van der Waals surface area contributed by atoms with E-state index in [0.717, 1.165) is 43.1 Å². The standard InChI is InChI=1S/C17H18N4/c18-11-12-7-8-21-16(9-12)19-20-17(21)15-6-5-13-3-1-2-4-14(13)10-15/h1-6,10,12H,7-9,11,18H2. The highest BCUT2D eigenvalue weighted by Gasteiger charge is 2.22. The first-order chi connectivity index (χ1) is 10.3. The van der Waals surface area contributed by atoms with Crippen molar-refractivity contribution in [2.75, 3.05) is 6.54 Å². The molecule has 21 heavy (non-hydrogen) atoms. The van der Waals surface area contributed by atoms with Gasteiger partial charge in [0.25, 0.3) is 0 Å². The van der Waals surface area contributed by atoms with E-state index in [0.29, 0.717) is 5.92 Å². The Morgan fingerprint density at radius 1 is 1.10 bits per heavy atom. The van der Waals surface area contributed by atoms with Gasteiger partial charge in [-0.3, -0.25) is 0 Å². The van der Waals surface area contributed by atoms with Gasteiger partial charge >= 0.3 is 0 Å². The minimum atomic E-state index is 0.547. The van der Waals surface area contributed by atoms with Crippen LogP contribution in [0.3, 0.4) is 0 Å². The number of nitrogens with zero attached hydrogens (tertiary/aromatic N) is 3. The van der Waals surface area contributed by atoms with Crippen LogP contribution >= 0.6 is 0 Å². The first-order valence-electron chi connectivity index (χ1n) is 7.46. The number of nitrogens with two attached hydrogens (primary N) is 1. The molecule has 0 spiro atoms. The zero-order chi connectivity index (χ0) is 14.2. The third kappa shape index (κ3) is 2.12. The molecular weight excluding hydrogens is 260 g/mol. The number of rotatable bonds is 2. The number of hydrogen-bond donors (Lipinski definition) is 1. The van der Waals surface area contributed by atoms with E-state index in [-0.39, 0.29) is 0 Å². The molecule has 0 bridgehead atoms. The van der Waals surface area contributed by atoms with Crippen LogP contribution in [0.2, 0.25) is 0 Å². The van der Waals surface area contributed by atoms with Gasteiger partial charge in [-0.15, -0.1) is 10.2 Å². The summed E-state index contributed by atoms with van der Waals surface area (Å²) in [6.07, 6.45) is 2.05. The molecule has 2 heterocycles. The van der Waals surface area contributed by atoms with E-state index in [1.807, 2.05) is 0 Å².